The zero-order valence-electron chi connectivity index (χ0n) is 14.6. The third kappa shape index (κ3) is 3.45. The highest BCUT2D eigenvalue weighted by Crippen LogP contribution is 2.33. The SMILES string of the molecule is O=C(Cn1ccccc1=O)N(Cc1ccc2c(c1)OCO2)C1CCCC1. The van der Waals surface area contributed by atoms with Gasteiger partial charge in [0.25, 0.3) is 5.56 Å². The molecule has 2 aliphatic rings. The molecular weight excluding hydrogens is 332 g/mol. The zero-order chi connectivity index (χ0) is 17.9. The third-order valence-electron chi connectivity index (χ3n) is 5.08. The van der Waals surface area contributed by atoms with Gasteiger partial charge in [-0.25, -0.2) is 0 Å². The van der Waals surface area contributed by atoms with Gasteiger partial charge in [0.1, 0.15) is 6.54 Å². The van der Waals surface area contributed by atoms with E-state index >= 15 is 0 Å². The minimum absolute atomic E-state index is 0.0251. The van der Waals surface area contributed by atoms with Crippen LogP contribution in [0.1, 0.15) is 31.2 Å². The van der Waals surface area contributed by atoms with Crippen LogP contribution >= 0.6 is 0 Å². The summed E-state index contributed by atoms with van der Waals surface area (Å²) in [6.45, 7) is 0.823. The Labute approximate surface area is 152 Å². The monoisotopic (exact) mass is 354 g/mol. The number of amides is 1. The van der Waals surface area contributed by atoms with Crippen LogP contribution in [0.15, 0.2) is 47.4 Å². The zero-order valence-corrected chi connectivity index (χ0v) is 14.6. The molecule has 0 radical (unpaired) electrons. The normalized spacial score (nSPS) is 16.0. The lowest BCUT2D eigenvalue weighted by Crippen LogP contribution is -2.41. The minimum Gasteiger partial charge on any atom is -0.454 e. The maximum absolute atomic E-state index is 13.0. The van der Waals surface area contributed by atoms with Crippen molar-refractivity contribution in [2.24, 2.45) is 0 Å². The standard InChI is InChI=1S/C20H22N2O4/c23-19-7-3-4-10-21(19)13-20(24)22(16-5-1-2-6-16)12-15-8-9-17-18(11-15)26-14-25-17/h3-4,7-11,16H,1-2,5-6,12-14H2. The summed E-state index contributed by atoms with van der Waals surface area (Å²) in [5.41, 5.74) is 0.852. The highest BCUT2D eigenvalue weighted by molar-refractivity contribution is 5.76. The van der Waals surface area contributed by atoms with Gasteiger partial charge in [0, 0.05) is 24.8 Å². The van der Waals surface area contributed by atoms with Crippen LogP contribution in [0, 0.1) is 0 Å². The fourth-order valence-electron chi connectivity index (χ4n) is 3.70. The van der Waals surface area contributed by atoms with Crippen LogP contribution in [0.3, 0.4) is 0 Å². The molecule has 2 aromatic rings. The van der Waals surface area contributed by atoms with Gasteiger partial charge in [-0.2, -0.15) is 0 Å². The van der Waals surface area contributed by atoms with Crippen molar-refractivity contribution in [2.45, 2.75) is 44.8 Å². The van der Waals surface area contributed by atoms with Gasteiger partial charge in [-0.15, -0.1) is 0 Å². The molecule has 2 heterocycles. The fraction of sp³-hybridized carbons (Fsp3) is 0.400. The predicted molar refractivity (Wildman–Crippen MR) is 96.1 cm³/mol. The quantitative estimate of drug-likeness (QED) is 0.828. The van der Waals surface area contributed by atoms with E-state index in [1.54, 1.807) is 18.3 Å². The average Bonchev–Trinajstić information content (AvgIpc) is 3.32. The summed E-state index contributed by atoms with van der Waals surface area (Å²) in [5.74, 6) is 1.44. The van der Waals surface area contributed by atoms with Gasteiger partial charge in [-0.3, -0.25) is 9.59 Å². The molecule has 0 N–H and O–H groups in total. The van der Waals surface area contributed by atoms with E-state index in [0.29, 0.717) is 6.54 Å². The molecule has 1 aliphatic heterocycles. The number of fused-ring (bicyclic) bond motifs is 1. The Bertz CT molecular complexity index is 855. The topological polar surface area (TPSA) is 60.8 Å². The van der Waals surface area contributed by atoms with Crippen LogP contribution in [-0.4, -0.2) is 28.2 Å². The van der Waals surface area contributed by atoms with Gasteiger partial charge in [0.15, 0.2) is 11.5 Å². The minimum atomic E-state index is -0.157. The second-order valence-electron chi connectivity index (χ2n) is 6.81. The number of pyridine rings is 1. The second-order valence-corrected chi connectivity index (χ2v) is 6.81. The number of benzene rings is 1. The van der Waals surface area contributed by atoms with Gasteiger partial charge in [0.05, 0.1) is 0 Å². The predicted octanol–water partition coefficient (Wildman–Crippen LogP) is 2.55. The molecule has 1 fully saturated rings. The lowest BCUT2D eigenvalue weighted by molar-refractivity contribution is -0.134. The molecule has 1 amide bonds. The Kier molecular flexibility index (Phi) is 4.65. The highest BCUT2D eigenvalue weighted by Gasteiger charge is 2.27. The molecule has 1 aromatic carbocycles. The lowest BCUT2D eigenvalue weighted by Gasteiger charge is -2.29. The van der Waals surface area contributed by atoms with E-state index in [1.807, 2.05) is 23.1 Å². The fourth-order valence-corrected chi connectivity index (χ4v) is 3.70. The number of carbonyl (C=O) groups is 1. The Balaban J connectivity index is 1.55. The van der Waals surface area contributed by atoms with Crippen molar-refractivity contribution in [1.82, 2.24) is 9.47 Å². The molecule has 0 bridgehead atoms. The van der Waals surface area contributed by atoms with Gasteiger partial charge in [-0.1, -0.05) is 25.0 Å². The van der Waals surface area contributed by atoms with E-state index in [4.69, 9.17) is 9.47 Å². The summed E-state index contributed by atoms with van der Waals surface area (Å²) < 4.78 is 12.3. The number of carbonyl (C=O) groups excluding carboxylic acids is 1. The summed E-state index contributed by atoms with van der Waals surface area (Å²) >= 11 is 0. The molecule has 26 heavy (non-hydrogen) atoms. The van der Waals surface area contributed by atoms with Crippen molar-refractivity contribution in [2.75, 3.05) is 6.79 Å². The second kappa shape index (κ2) is 7.23. The molecule has 1 aromatic heterocycles. The van der Waals surface area contributed by atoms with Crippen LogP contribution < -0.4 is 15.0 Å². The van der Waals surface area contributed by atoms with E-state index in [1.165, 1.54) is 10.6 Å². The van der Waals surface area contributed by atoms with Crippen molar-refractivity contribution in [3.05, 3.63) is 58.5 Å². The summed E-state index contributed by atoms with van der Waals surface area (Å²) in [4.78, 5) is 26.9. The Morgan fingerprint density at radius 2 is 1.92 bits per heavy atom. The summed E-state index contributed by atoms with van der Waals surface area (Å²) in [7, 11) is 0. The summed E-state index contributed by atoms with van der Waals surface area (Å²) in [5, 5.41) is 0. The average molecular weight is 354 g/mol. The van der Waals surface area contributed by atoms with Crippen LogP contribution in [0.4, 0.5) is 0 Å². The Hall–Kier alpha value is -2.76. The Morgan fingerprint density at radius 3 is 2.73 bits per heavy atom. The number of nitrogens with zero attached hydrogens (tertiary/aromatic N) is 2. The Morgan fingerprint density at radius 1 is 1.12 bits per heavy atom. The van der Waals surface area contributed by atoms with Crippen LogP contribution in [0.5, 0.6) is 11.5 Å². The van der Waals surface area contributed by atoms with Gasteiger partial charge in [0.2, 0.25) is 12.7 Å². The first kappa shape index (κ1) is 16.7. The highest BCUT2D eigenvalue weighted by atomic mass is 16.7. The van der Waals surface area contributed by atoms with Gasteiger partial charge in [-0.05, 0) is 36.6 Å². The van der Waals surface area contributed by atoms with Crippen LogP contribution in [0.2, 0.25) is 0 Å². The van der Waals surface area contributed by atoms with E-state index < -0.39 is 0 Å². The largest absolute Gasteiger partial charge is 0.454 e. The number of ether oxygens (including phenoxy) is 2. The molecule has 0 atom stereocenters. The van der Waals surface area contributed by atoms with Crippen LogP contribution in [-0.2, 0) is 17.9 Å². The van der Waals surface area contributed by atoms with Crippen LogP contribution in [0.25, 0.3) is 0 Å². The van der Waals surface area contributed by atoms with Crippen molar-refractivity contribution in [3.8, 4) is 11.5 Å². The maximum atomic E-state index is 13.0. The number of rotatable bonds is 5. The molecular formula is C20H22N2O4. The van der Waals surface area contributed by atoms with Crippen molar-refractivity contribution >= 4 is 5.91 Å². The molecule has 6 heteroatoms. The number of aromatic nitrogens is 1. The van der Waals surface area contributed by atoms with Crippen molar-refractivity contribution in [3.63, 3.8) is 0 Å². The first-order valence-electron chi connectivity index (χ1n) is 9.04. The summed E-state index contributed by atoms with van der Waals surface area (Å²) in [6.07, 6.45) is 5.97. The molecule has 0 unspecified atom stereocenters. The first-order chi connectivity index (χ1) is 12.7. The molecule has 0 spiro atoms. The molecule has 1 saturated carbocycles. The first-order valence-corrected chi connectivity index (χ1v) is 9.04. The summed E-state index contributed by atoms with van der Waals surface area (Å²) in [6, 6.07) is 11.0. The van der Waals surface area contributed by atoms with Crippen molar-refractivity contribution < 1.29 is 14.3 Å². The number of hydrogen-bond acceptors (Lipinski definition) is 4. The molecule has 0 saturated heterocycles. The van der Waals surface area contributed by atoms with Crippen molar-refractivity contribution in [1.29, 1.82) is 0 Å². The molecule has 1 aliphatic carbocycles. The van der Waals surface area contributed by atoms with E-state index in [0.717, 1.165) is 42.7 Å². The van der Waals surface area contributed by atoms with E-state index in [9.17, 15) is 9.59 Å². The molecule has 4 rings (SSSR count). The third-order valence-corrected chi connectivity index (χ3v) is 5.08. The molecule has 6 nitrogen and oxygen atoms in total. The van der Waals surface area contributed by atoms with E-state index in [2.05, 4.69) is 0 Å². The smallest absolute Gasteiger partial charge is 0.250 e. The maximum Gasteiger partial charge on any atom is 0.250 e. The van der Waals surface area contributed by atoms with Gasteiger partial charge >= 0.3 is 0 Å². The van der Waals surface area contributed by atoms with E-state index in [-0.39, 0.29) is 30.8 Å². The van der Waals surface area contributed by atoms with Gasteiger partial charge < -0.3 is 18.9 Å². The number of hydrogen-bond donors (Lipinski definition) is 0. The molecule has 136 valence electrons. The lowest BCUT2D eigenvalue weighted by atomic mass is 10.1.